The van der Waals surface area contributed by atoms with E-state index in [1.165, 1.54) is 6.92 Å². The van der Waals surface area contributed by atoms with Gasteiger partial charge in [0.2, 0.25) is 10.0 Å². The topological polar surface area (TPSA) is 83.5 Å². The summed E-state index contributed by atoms with van der Waals surface area (Å²) < 4.78 is 49.4. The van der Waals surface area contributed by atoms with Gasteiger partial charge in [0.15, 0.2) is 0 Å². The van der Waals surface area contributed by atoms with E-state index in [2.05, 4.69) is 15.9 Å². The summed E-state index contributed by atoms with van der Waals surface area (Å²) in [4.78, 5) is 10.6. The Bertz CT molecular complexity index is 604. The Morgan fingerprint density at radius 1 is 1.47 bits per heavy atom. The summed E-state index contributed by atoms with van der Waals surface area (Å²) in [6.45, 7) is 0.465. The van der Waals surface area contributed by atoms with Crippen molar-refractivity contribution in [2.75, 3.05) is 6.54 Å². The van der Waals surface area contributed by atoms with Crippen LogP contribution >= 0.6 is 15.9 Å². The summed E-state index contributed by atoms with van der Waals surface area (Å²) in [6, 6.07) is 2.09. The Kier molecular flexibility index (Phi) is 4.99. The van der Waals surface area contributed by atoms with Crippen molar-refractivity contribution in [3.8, 4) is 0 Å². The van der Waals surface area contributed by atoms with Crippen LogP contribution in [0.2, 0.25) is 0 Å². The Labute approximate surface area is 116 Å². The monoisotopic (exact) mass is 357 g/mol. The van der Waals surface area contributed by atoms with Crippen LogP contribution in [0.5, 0.6) is 0 Å². The zero-order valence-electron chi connectivity index (χ0n) is 9.65. The number of aromatic carboxylic acids is 1. The summed E-state index contributed by atoms with van der Waals surface area (Å²) in [5.41, 5.74) is 0.132. The van der Waals surface area contributed by atoms with Crippen LogP contribution in [0, 0.1) is 6.92 Å². The third kappa shape index (κ3) is 3.95. The van der Waals surface area contributed by atoms with E-state index in [1.54, 1.807) is 4.72 Å². The van der Waals surface area contributed by atoms with Gasteiger partial charge in [0.1, 0.15) is 0 Å². The van der Waals surface area contributed by atoms with Crippen LogP contribution in [0.25, 0.3) is 0 Å². The van der Waals surface area contributed by atoms with Gasteiger partial charge < -0.3 is 5.11 Å². The number of hydrogen-bond donors (Lipinski definition) is 2. The van der Waals surface area contributed by atoms with E-state index in [1.807, 2.05) is 0 Å². The molecule has 0 bridgehead atoms. The minimum Gasteiger partial charge on any atom is -0.478 e. The van der Waals surface area contributed by atoms with Gasteiger partial charge in [-0.05, 0) is 24.6 Å². The second kappa shape index (κ2) is 5.93. The summed E-state index contributed by atoms with van der Waals surface area (Å²) in [6.07, 6.45) is -2.83. The minimum absolute atomic E-state index is 0.216. The highest BCUT2D eigenvalue weighted by Crippen LogP contribution is 2.25. The number of benzene rings is 1. The smallest absolute Gasteiger partial charge is 0.336 e. The first-order valence-electron chi connectivity index (χ1n) is 4.96. The highest BCUT2D eigenvalue weighted by atomic mass is 79.9. The zero-order valence-corrected chi connectivity index (χ0v) is 12.1. The molecule has 0 saturated heterocycles. The molecule has 106 valence electrons. The number of hydrogen-bond acceptors (Lipinski definition) is 3. The second-order valence-corrected chi connectivity index (χ2v) is 6.25. The number of halogens is 3. The standard InChI is InChI=1S/C10H10BrF2NO4S/c1-5-7(10(15)16)2-6(3-8(5)11)19(17,18)14-4-9(12)13/h2-3,9,14H,4H2,1H3,(H,15,16). The number of carbonyl (C=O) groups is 1. The normalized spacial score (nSPS) is 11.8. The Balaban J connectivity index is 3.25. The molecule has 1 aromatic rings. The van der Waals surface area contributed by atoms with Crippen molar-refractivity contribution in [2.45, 2.75) is 18.2 Å². The maximum absolute atomic E-state index is 12.0. The van der Waals surface area contributed by atoms with Crippen LogP contribution in [-0.4, -0.2) is 32.5 Å². The molecule has 1 aromatic carbocycles. The molecule has 0 saturated carbocycles. The summed E-state index contributed by atoms with van der Waals surface area (Å²) in [5, 5.41) is 8.94. The largest absolute Gasteiger partial charge is 0.478 e. The van der Waals surface area contributed by atoms with Crippen LogP contribution in [0.15, 0.2) is 21.5 Å². The molecule has 9 heteroatoms. The lowest BCUT2D eigenvalue weighted by Gasteiger charge is -2.10. The van der Waals surface area contributed by atoms with Crippen LogP contribution in [0.1, 0.15) is 15.9 Å². The molecule has 0 aliphatic heterocycles. The van der Waals surface area contributed by atoms with Crippen molar-refractivity contribution in [3.63, 3.8) is 0 Å². The molecular formula is C10H10BrF2NO4S. The molecule has 2 N–H and O–H groups in total. The van der Waals surface area contributed by atoms with Gasteiger partial charge in [-0.1, -0.05) is 15.9 Å². The Morgan fingerprint density at radius 3 is 2.53 bits per heavy atom. The van der Waals surface area contributed by atoms with Gasteiger partial charge in [0, 0.05) is 4.47 Å². The number of carboxylic acids is 1. The fourth-order valence-corrected chi connectivity index (χ4v) is 2.96. The quantitative estimate of drug-likeness (QED) is 0.844. The molecule has 0 aliphatic rings. The minimum atomic E-state index is -4.17. The molecule has 0 aliphatic carbocycles. The SMILES string of the molecule is Cc1c(Br)cc(S(=O)(=O)NCC(F)F)cc1C(=O)O. The molecule has 0 atom stereocenters. The highest BCUT2D eigenvalue weighted by molar-refractivity contribution is 9.10. The Morgan fingerprint density at radius 2 is 2.05 bits per heavy atom. The predicted molar refractivity (Wildman–Crippen MR) is 67.0 cm³/mol. The molecule has 19 heavy (non-hydrogen) atoms. The van der Waals surface area contributed by atoms with Crippen molar-refractivity contribution < 1.29 is 27.1 Å². The van der Waals surface area contributed by atoms with Crippen molar-refractivity contribution in [2.24, 2.45) is 0 Å². The van der Waals surface area contributed by atoms with Crippen LogP contribution < -0.4 is 4.72 Å². The maximum Gasteiger partial charge on any atom is 0.336 e. The first kappa shape index (κ1) is 16.0. The molecule has 0 amide bonds. The number of nitrogens with one attached hydrogen (secondary N) is 1. The van der Waals surface area contributed by atoms with Gasteiger partial charge in [0.25, 0.3) is 6.43 Å². The van der Waals surface area contributed by atoms with Crippen molar-refractivity contribution in [1.29, 1.82) is 0 Å². The molecular weight excluding hydrogens is 348 g/mol. The molecule has 0 aromatic heterocycles. The molecule has 0 fully saturated rings. The van der Waals surface area contributed by atoms with Crippen LogP contribution in [-0.2, 0) is 10.0 Å². The van der Waals surface area contributed by atoms with Gasteiger partial charge >= 0.3 is 5.97 Å². The lowest BCUT2D eigenvalue weighted by atomic mass is 10.1. The first-order valence-corrected chi connectivity index (χ1v) is 7.24. The van der Waals surface area contributed by atoms with Gasteiger partial charge in [-0.15, -0.1) is 0 Å². The fraction of sp³-hybridized carbons (Fsp3) is 0.300. The van der Waals surface area contributed by atoms with E-state index in [4.69, 9.17) is 5.11 Å². The van der Waals surface area contributed by atoms with E-state index in [9.17, 15) is 22.0 Å². The maximum atomic E-state index is 12.0. The van der Waals surface area contributed by atoms with Gasteiger partial charge in [-0.25, -0.2) is 26.7 Å². The van der Waals surface area contributed by atoms with E-state index in [0.29, 0.717) is 5.56 Å². The molecule has 0 spiro atoms. The average molecular weight is 358 g/mol. The van der Waals surface area contributed by atoms with Gasteiger partial charge in [0.05, 0.1) is 17.0 Å². The molecule has 0 unspecified atom stereocenters. The molecule has 0 radical (unpaired) electrons. The van der Waals surface area contributed by atoms with Crippen molar-refractivity contribution in [1.82, 2.24) is 4.72 Å². The average Bonchev–Trinajstić information content (AvgIpc) is 2.29. The van der Waals surface area contributed by atoms with Crippen molar-refractivity contribution in [3.05, 3.63) is 27.7 Å². The number of carboxylic acid groups (broad SMARTS) is 1. The molecule has 1 rings (SSSR count). The predicted octanol–water partition coefficient (Wildman–Crippen LogP) is 2.00. The van der Waals surface area contributed by atoms with Crippen LogP contribution in [0.4, 0.5) is 8.78 Å². The lowest BCUT2D eigenvalue weighted by molar-refractivity contribution is 0.0695. The summed E-state index contributed by atoms with van der Waals surface area (Å²) in [5.74, 6) is -1.30. The third-order valence-corrected chi connectivity index (χ3v) is 4.51. The molecule has 0 heterocycles. The van der Waals surface area contributed by atoms with E-state index < -0.39 is 29.0 Å². The zero-order chi connectivity index (χ0) is 14.8. The fourth-order valence-electron chi connectivity index (χ4n) is 1.29. The summed E-state index contributed by atoms with van der Waals surface area (Å²) >= 11 is 3.03. The van der Waals surface area contributed by atoms with E-state index in [0.717, 1.165) is 12.1 Å². The van der Waals surface area contributed by atoms with Crippen molar-refractivity contribution >= 4 is 31.9 Å². The van der Waals surface area contributed by atoms with E-state index >= 15 is 0 Å². The number of alkyl halides is 2. The summed E-state index contributed by atoms with van der Waals surface area (Å²) in [7, 11) is -4.17. The van der Waals surface area contributed by atoms with Crippen LogP contribution in [0.3, 0.4) is 0 Å². The lowest BCUT2D eigenvalue weighted by Crippen LogP contribution is -2.28. The Hall–Kier alpha value is -1.06. The highest BCUT2D eigenvalue weighted by Gasteiger charge is 2.20. The number of sulfonamides is 1. The van der Waals surface area contributed by atoms with Gasteiger partial charge in [-0.3, -0.25) is 0 Å². The number of rotatable bonds is 5. The molecule has 5 nitrogen and oxygen atoms in total. The first-order chi connectivity index (χ1) is 8.65. The third-order valence-electron chi connectivity index (χ3n) is 2.29. The van der Waals surface area contributed by atoms with Gasteiger partial charge in [-0.2, -0.15) is 0 Å². The second-order valence-electron chi connectivity index (χ2n) is 3.63. The van der Waals surface area contributed by atoms with E-state index in [-0.39, 0.29) is 14.9 Å².